The van der Waals surface area contributed by atoms with Crippen molar-refractivity contribution in [3.05, 3.63) is 58.7 Å². The first kappa shape index (κ1) is 18.5. The molecule has 0 saturated carbocycles. The molecule has 0 aliphatic carbocycles. The number of hydrogen-bond acceptors (Lipinski definition) is 4. The summed E-state index contributed by atoms with van der Waals surface area (Å²) >= 11 is 0. The van der Waals surface area contributed by atoms with Crippen LogP contribution in [0, 0.1) is 20.8 Å². The van der Waals surface area contributed by atoms with Crippen molar-refractivity contribution in [2.24, 2.45) is 0 Å². The van der Waals surface area contributed by atoms with Crippen molar-refractivity contribution in [1.29, 1.82) is 0 Å². The van der Waals surface area contributed by atoms with E-state index < -0.39 is 12.1 Å². The Kier molecular flexibility index (Phi) is 5.80. The van der Waals surface area contributed by atoms with Crippen molar-refractivity contribution in [2.45, 2.75) is 33.8 Å². The first-order chi connectivity index (χ1) is 11.8. The Morgan fingerprint density at radius 2 is 1.56 bits per heavy atom. The molecule has 2 aromatic rings. The number of esters is 1. The Morgan fingerprint density at radius 3 is 2.08 bits per heavy atom. The topological polar surface area (TPSA) is 64.6 Å². The largest absolute Gasteiger partial charge is 0.497 e. The average molecular weight is 341 g/mol. The number of nitrogens with one attached hydrogen (secondary N) is 1. The summed E-state index contributed by atoms with van der Waals surface area (Å²) in [5, 5.41) is 2.84. The number of aryl methyl sites for hydroxylation is 3. The summed E-state index contributed by atoms with van der Waals surface area (Å²) in [6, 6.07) is 10.5. The van der Waals surface area contributed by atoms with Crippen LogP contribution in [0.4, 0.5) is 5.69 Å². The lowest BCUT2D eigenvalue weighted by atomic mass is 10.0. The lowest BCUT2D eigenvalue weighted by Gasteiger charge is -2.17. The number of methoxy groups -OCH3 is 1. The normalized spacial score (nSPS) is 11.6. The molecule has 2 rings (SSSR count). The van der Waals surface area contributed by atoms with E-state index in [-0.39, 0.29) is 5.91 Å². The van der Waals surface area contributed by atoms with E-state index in [0.717, 1.165) is 22.4 Å². The van der Waals surface area contributed by atoms with Gasteiger partial charge in [-0.05, 0) is 63.1 Å². The highest BCUT2D eigenvalue weighted by atomic mass is 16.5. The lowest BCUT2D eigenvalue weighted by Crippen LogP contribution is -2.30. The van der Waals surface area contributed by atoms with Crippen LogP contribution < -0.4 is 10.1 Å². The van der Waals surface area contributed by atoms with Gasteiger partial charge < -0.3 is 14.8 Å². The Balaban J connectivity index is 2.03. The number of rotatable bonds is 5. The monoisotopic (exact) mass is 341 g/mol. The number of amides is 1. The van der Waals surface area contributed by atoms with E-state index in [1.807, 2.05) is 32.9 Å². The third kappa shape index (κ3) is 4.59. The molecule has 0 radical (unpaired) electrons. The Bertz CT molecular complexity index is 758. The molecule has 25 heavy (non-hydrogen) atoms. The second kappa shape index (κ2) is 7.83. The summed E-state index contributed by atoms with van der Waals surface area (Å²) < 4.78 is 10.3. The van der Waals surface area contributed by atoms with E-state index in [2.05, 4.69) is 5.32 Å². The van der Waals surface area contributed by atoms with Gasteiger partial charge in [0.25, 0.3) is 5.91 Å². The van der Waals surface area contributed by atoms with E-state index in [1.54, 1.807) is 38.3 Å². The van der Waals surface area contributed by atoms with Gasteiger partial charge >= 0.3 is 5.97 Å². The molecule has 1 N–H and O–H groups in total. The maximum absolute atomic E-state index is 12.4. The zero-order valence-electron chi connectivity index (χ0n) is 15.2. The molecule has 0 unspecified atom stereocenters. The second-order valence-electron chi connectivity index (χ2n) is 6.04. The summed E-state index contributed by atoms with van der Waals surface area (Å²) in [6.07, 6.45) is -0.908. The highest BCUT2D eigenvalue weighted by Gasteiger charge is 2.20. The van der Waals surface area contributed by atoms with Crippen LogP contribution in [-0.4, -0.2) is 25.1 Å². The highest BCUT2D eigenvalue weighted by molar-refractivity contribution is 5.98. The fraction of sp³-hybridized carbons (Fsp3) is 0.300. The number of benzene rings is 2. The molecule has 132 valence electrons. The molecule has 0 heterocycles. The van der Waals surface area contributed by atoms with Gasteiger partial charge in [0.05, 0.1) is 12.7 Å². The minimum atomic E-state index is -0.908. The van der Waals surface area contributed by atoms with Gasteiger partial charge in [-0.3, -0.25) is 4.79 Å². The Morgan fingerprint density at radius 1 is 1.00 bits per heavy atom. The second-order valence-corrected chi connectivity index (χ2v) is 6.04. The average Bonchev–Trinajstić information content (AvgIpc) is 2.57. The highest BCUT2D eigenvalue weighted by Crippen LogP contribution is 2.22. The molecule has 0 fully saturated rings. The number of hydrogen-bond donors (Lipinski definition) is 1. The van der Waals surface area contributed by atoms with Crippen molar-refractivity contribution < 1.29 is 19.1 Å². The van der Waals surface area contributed by atoms with Crippen molar-refractivity contribution in [2.75, 3.05) is 12.4 Å². The summed E-state index contributed by atoms with van der Waals surface area (Å²) in [7, 11) is 1.55. The molecule has 0 aliphatic heterocycles. The van der Waals surface area contributed by atoms with Gasteiger partial charge in [0.15, 0.2) is 6.10 Å². The molecule has 5 nitrogen and oxygen atoms in total. The summed E-state index contributed by atoms with van der Waals surface area (Å²) in [4.78, 5) is 24.5. The fourth-order valence-corrected chi connectivity index (χ4v) is 2.61. The number of anilines is 1. The van der Waals surface area contributed by atoms with E-state index in [9.17, 15) is 9.59 Å². The van der Waals surface area contributed by atoms with Crippen molar-refractivity contribution in [3.63, 3.8) is 0 Å². The van der Waals surface area contributed by atoms with Crippen molar-refractivity contribution in [1.82, 2.24) is 0 Å². The van der Waals surface area contributed by atoms with Gasteiger partial charge in [0.2, 0.25) is 0 Å². The van der Waals surface area contributed by atoms with Crippen LogP contribution in [0.25, 0.3) is 0 Å². The van der Waals surface area contributed by atoms with Gasteiger partial charge in [-0.25, -0.2) is 4.79 Å². The number of carbonyl (C=O) groups excluding carboxylic acids is 2. The van der Waals surface area contributed by atoms with Crippen LogP contribution in [0.15, 0.2) is 36.4 Å². The number of carbonyl (C=O) groups is 2. The third-order valence-corrected chi connectivity index (χ3v) is 3.90. The zero-order valence-corrected chi connectivity index (χ0v) is 15.2. The summed E-state index contributed by atoms with van der Waals surface area (Å²) in [6.45, 7) is 7.42. The van der Waals surface area contributed by atoms with Crippen LogP contribution in [0.2, 0.25) is 0 Å². The van der Waals surface area contributed by atoms with Gasteiger partial charge in [-0.15, -0.1) is 0 Å². The van der Waals surface area contributed by atoms with Crippen LogP contribution in [-0.2, 0) is 9.53 Å². The maximum Gasteiger partial charge on any atom is 0.338 e. The summed E-state index contributed by atoms with van der Waals surface area (Å²) in [5.74, 6) is -0.271. The molecule has 0 saturated heterocycles. The van der Waals surface area contributed by atoms with Crippen LogP contribution in [0.3, 0.4) is 0 Å². The van der Waals surface area contributed by atoms with Crippen molar-refractivity contribution in [3.8, 4) is 5.75 Å². The Hall–Kier alpha value is -2.82. The molecule has 1 amide bonds. The van der Waals surface area contributed by atoms with Gasteiger partial charge in [0, 0.05) is 5.69 Å². The van der Waals surface area contributed by atoms with Gasteiger partial charge in [0.1, 0.15) is 5.75 Å². The lowest BCUT2D eigenvalue weighted by molar-refractivity contribution is -0.123. The van der Waals surface area contributed by atoms with Crippen LogP contribution >= 0.6 is 0 Å². The quantitative estimate of drug-likeness (QED) is 0.840. The SMILES string of the molecule is COc1ccc(C(=O)O[C@@H](C)C(=O)Nc2c(C)cc(C)cc2C)cc1. The molecule has 0 aromatic heterocycles. The fourth-order valence-electron chi connectivity index (χ4n) is 2.61. The third-order valence-electron chi connectivity index (χ3n) is 3.90. The molecule has 0 aliphatic rings. The molecule has 0 bridgehead atoms. The predicted molar refractivity (Wildman–Crippen MR) is 97.2 cm³/mol. The van der Waals surface area contributed by atoms with E-state index >= 15 is 0 Å². The van der Waals surface area contributed by atoms with E-state index in [0.29, 0.717) is 11.3 Å². The molecule has 1 atom stereocenters. The maximum atomic E-state index is 12.4. The number of ether oxygens (including phenoxy) is 2. The molecule has 5 heteroatoms. The Labute approximate surface area is 148 Å². The zero-order chi connectivity index (χ0) is 18.6. The molecular formula is C20H23NO4. The van der Waals surface area contributed by atoms with Crippen molar-refractivity contribution >= 4 is 17.6 Å². The molecule has 0 spiro atoms. The molecular weight excluding hydrogens is 318 g/mol. The smallest absolute Gasteiger partial charge is 0.338 e. The summed E-state index contributed by atoms with van der Waals surface area (Å²) in [5.41, 5.74) is 4.19. The minimum Gasteiger partial charge on any atom is -0.497 e. The van der Waals surface area contributed by atoms with E-state index in [1.165, 1.54) is 0 Å². The predicted octanol–water partition coefficient (Wildman–Crippen LogP) is 3.80. The first-order valence-electron chi connectivity index (χ1n) is 8.05. The first-order valence-corrected chi connectivity index (χ1v) is 8.05. The van der Waals surface area contributed by atoms with E-state index in [4.69, 9.17) is 9.47 Å². The standard InChI is InChI=1S/C20H23NO4/c1-12-10-13(2)18(14(3)11-12)21-19(22)15(4)25-20(23)16-6-8-17(24-5)9-7-16/h6-11,15H,1-5H3,(H,21,22)/t15-/m0/s1. The van der Waals surface area contributed by atoms with Gasteiger partial charge in [-0.2, -0.15) is 0 Å². The molecule has 2 aromatic carbocycles. The van der Waals surface area contributed by atoms with Gasteiger partial charge in [-0.1, -0.05) is 17.7 Å². The van der Waals surface area contributed by atoms with Crippen LogP contribution in [0.5, 0.6) is 5.75 Å². The minimum absolute atomic E-state index is 0.364. The van der Waals surface area contributed by atoms with Crippen LogP contribution in [0.1, 0.15) is 34.0 Å².